The molecule has 1 amide bonds. The van der Waals surface area contributed by atoms with Crippen molar-refractivity contribution in [2.24, 2.45) is 0 Å². The van der Waals surface area contributed by atoms with Crippen molar-refractivity contribution < 1.29 is 22.7 Å². The zero-order chi connectivity index (χ0) is 14.5. The van der Waals surface area contributed by atoms with E-state index in [1.54, 1.807) is 0 Å². The van der Waals surface area contributed by atoms with Gasteiger partial charge in [0.15, 0.2) is 11.6 Å². The molecule has 1 heterocycles. The predicted molar refractivity (Wildman–Crippen MR) is 66.8 cm³/mol. The summed E-state index contributed by atoms with van der Waals surface area (Å²) < 4.78 is 44.6. The molecule has 2 rings (SSSR count). The molecule has 0 radical (unpaired) electrons. The Labute approximate surface area is 114 Å². The maximum Gasteiger partial charge on any atom is 0.250 e. The van der Waals surface area contributed by atoms with Crippen molar-refractivity contribution in [3.63, 3.8) is 0 Å². The number of piperidine rings is 1. The molecule has 0 bridgehead atoms. The Kier molecular flexibility index (Phi) is 4.97. The Bertz CT molecular complexity index is 491. The van der Waals surface area contributed by atoms with E-state index in [1.165, 1.54) is 0 Å². The Morgan fingerprint density at radius 3 is 2.70 bits per heavy atom. The lowest BCUT2D eigenvalue weighted by Gasteiger charge is -2.22. The van der Waals surface area contributed by atoms with Gasteiger partial charge in [-0.2, -0.15) is 0 Å². The Hall–Kier alpha value is -1.60. The SMILES string of the molecule is O=C(COC1CCNCC1)Nc1cc(F)cc(F)c1F. The second-order valence-corrected chi connectivity index (χ2v) is 4.56. The molecule has 1 aromatic rings. The molecule has 7 heteroatoms. The fourth-order valence-corrected chi connectivity index (χ4v) is 1.99. The molecule has 1 saturated heterocycles. The summed E-state index contributed by atoms with van der Waals surface area (Å²) >= 11 is 0. The molecule has 0 atom stereocenters. The van der Waals surface area contributed by atoms with Crippen LogP contribution in [0.25, 0.3) is 0 Å². The molecular formula is C13H15F3N2O2. The van der Waals surface area contributed by atoms with Gasteiger partial charge in [0.1, 0.15) is 12.4 Å². The molecule has 20 heavy (non-hydrogen) atoms. The van der Waals surface area contributed by atoms with Crippen molar-refractivity contribution >= 4 is 11.6 Å². The number of hydrogen-bond acceptors (Lipinski definition) is 3. The lowest BCUT2D eigenvalue weighted by molar-refractivity contribution is -0.123. The van der Waals surface area contributed by atoms with Crippen LogP contribution in [0.4, 0.5) is 18.9 Å². The lowest BCUT2D eigenvalue weighted by Crippen LogP contribution is -2.34. The number of halogens is 3. The average molecular weight is 288 g/mol. The molecule has 0 unspecified atom stereocenters. The number of benzene rings is 1. The van der Waals surface area contributed by atoms with E-state index in [2.05, 4.69) is 10.6 Å². The van der Waals surface area contributed by atoms with Gasteiger partial charge in [-0.25, -0.2) is 13.2 Å². The summed E-state index contributed by atoms with van der Waals surface area (Å²) in [6.07, 6.45) is 1.54. The van der Waals surface area contributed by atoms with E-state index in [-0.39, 0.29) is 12.7 Å². The average Bonchev–Trinajstić information content (AvgIpc) is 2.43. The zero-order valence-electron chi connectivity index (χ0n) is 10.7. The summed E-state index contributed by atoms with van der Waals surface area (Å²) in [6, 6.07) is 1.14. The molecule has 0 spiro atoms. The summed E-state index contributed by atoms with van der Waals surface area (Å²) in [7, 11) is 0. The van der Waals surface area contributed by atoms with Crippen molar-refractivity contribution in [3.05, 3.63) is 29.6 Å². The highest BCUT2D eigenvalue weighted by atomic mass is 19.2. The van der Waals surface area contributed by atoms with Crippen molar-refractivity contribution in [3.8, 4) is 0 Å². The monoisotopic (exact) mass is 288 g/mol. The molecule has 0 aromatic heterocycles. The number of nitrogens with one attached hydrogen (secondary N) is 2. The van der Waals surface area contributed by atoms with E-state index in [1.807, 2.05) is 0 Å². The van der Waals surface area contributed by atoms with Crippen molar-refractivity contribution in [1.82, 2.24) is 5.32 Å². The van der Waals surface area contributed by atoms with E-state index >= 15 is 0 Å². The van der Waals surface area contributed by atoms with E-state index in [0.29, 0.717) is 6.07 Å². The predicted octanol–water partition coefficient (Wildman–Crippen LogP) is 1.81. The molecule has 0 saturated carbocycles. The standard InChI is InChI=1S/C13H15F3N2O2/c14-8-5-10(15)13(16)11(6-8)18-12(19)7-20-9-1-3-17-4-2-9/h5-6,9,17H,1-4,7H2,(H,18,19). The fourth-order valence-electron chi connectivity index (χ4n) is 1.99. The van der Waals surface area contributed by atoms with Crippen LogP contribution in [-0.2, 0) is 9.53 Å². The minimum absolute atomic E-state index is 0.0314. The number of amides is 1. The van der Waals surface area contributed by atoms with Crippen molar-refractivity contribution in [2.75, 3.05) is 25.0 Å². The maximum absolute atomic E-state index is 13.3. The third-order valence-electron chi connectivity index (χ3n) is 3.00. The van der Waals surface area contributed by atoms with Crippen LogP contribution in [0, 0.1) is 17.5 Å². The maximum atomic E-state index is 13.3. The summed E-state index contributed by atoms with van der Waals surface area (Å²) in [4.78, 5) is 11.6. The normalized spacial score (nSPS) is 16.1. The minimum Gasteiger partial charge on any atom is -0.368 e. The first kappa shape index (κ1) is 14.8. The van der Waals surface area contributed by atoms with Gasteiger partial charge in [0.25, 0.3) is 0 Å². The number of carbonyl (C=O) groups excluding carboxylic acids is 1. The van der Waals surface area contributed by atoms with Crippen LogP contribution in [0.15, 0.2) is 12.1 Å². The lowest BCUT2D eigenvalue weighted by atomic mass is 10.1. The molecular weight excluding hydrogens is 273 g/mol. The Balaban J connectivity index is 1.88. The van der Waals surface area contributed by atoms with Gasteiger partial charge in [0, 0.05) is 12.1 Å². The molecule has 2 N–H and O–H groups in total. The second kappa shape index (κ2) is 6.71. The number of carbonyl (C=O) groups is 1. The van der Waals surface area contributed by atoms with Gasteiger partial charge in [0.2, 0.25) is 5.91 Å². The number of anilines is 1. The first-order valence-corrected chi connectivity index (χ1v) is 6.33. The highest BCUT2D eigenvalue weighted by Crippen LogP contribution is 2.19. The van der Waals surface area contributed by atoms with E-state index in [4.69, 9.17) is 4.74 Å². The van der Waals surface area contributed by atoms with Gasteiger partial charge in [-0.15, -0.1) is 0 Å². The van der Waals surface area contributed by atoms with Gasteiger partial charge in [-0.05, 0) is 25.9 Å². The third-order valence-corrected chi connectivity index (χ3v) is 3.00. The minimum atomic E-state index is -1.35. The van der Waals surface area contributed by atoms with E-state index in [0.717, 1.165) is 32.0 Å². The topological polar surface area (TPSA) is 50.4 Å². The molecule has 1 aromatic carbocycles. The molecule has 1 aliphatic heterocycles. The molecule has 1 fully saturated rings. The van der Waals surface area contributed by atoms with Crippen molar-refractivity contribution in [1.29, 1.82) is 0 Å². The van der Waals surface area contributed by atoms with Gasteiger partial charge < -0.3 is 15.4 Å². The van der Waals surface area contributed by atoms with Crippen LogP contribution in [-0.4, -0.2) is 31.7 Å². The largest absolute Gasteiger partial charge is 0.368 e. The van der Waals surface area contributed by atoms with Gasteiger partial charge in [0.05, 0.1) is 11.8 Å². The highest BCUT2D eigenvalue weighted by Gasteiger charge is 2.17. The summed E-state index contributed by atoms with van der Waals surface area (Å²) in [5, 5.41) is 5.25. The molecule has 4 nitrogen and oxygen atoms in total. The summed E-state index contributed by atoms with van der Waals surface area (Å²) in [6.45, 7) is 1.36. The van der Waals surface area contributed by atoms with Crippen LogP contribution in [0.1, 0.15) is 12.8 Å². The van der Waals surface area contributed by atoms with E-state index < -0.39 is 29.0 Å². The fraction of sp³-hybridized carbons (Fsp3) is 0.462. The third kappa shape index (κ3) is 3.94. The van der Waals surface area contributed by atoms with Crippen LogP contribution >= 0.6 is 0 Å². The summed E-state index contributed by atoms with van der Waals surface area (Å²) in [5.74, 6) is -4.24. The number of hydrogen-bond donors (Lipinski definition) is 2. The highest BCUT2D eigenvalue weighted by molar-refractivity contribution is 5.91. The first-order chi connectivity index (χ1) is 9.56. The quantitative estimate of drug-likeness (QED) is 0.831. The molecule has 110 valence electrons. The number of rotatable bonds is 4. The number of ether oxygens (including phenoxy) is 1. The second-order valence-electron chi connectivity index (χ2n) is 4.56. The first-order valence-electron chi connectivity index (χ1n) is 6.33. The molecule has 1 aliphatic rings. The van der Waals surface area contributed by atoms with Crippen LogP contribution in [0.2, 0.25) is 0 Å². The van der Waals surface area contributed by atoms with Crippen molar-refractivity contribution in [2.45, 2.75) is 18.9 Å². The van der Waals surface area contributed by atoms with Crippen LogP contribution in [0.3, 0.4) is 0 Å². The Morgan fingerprint density at radius 2 is 2.00 bits per heavy atom. The van der Waals surface area contributed by atoms with Crippen LogP contribution in [0.5, 0.6) is 0 Å². The summed E-state index contributed by atoms with van der Waals surface area (Å²) in [5.41, 5.74) is -0.526. The van der Waals surface area contributed by atoms with Gasteiger partial charge in [-0.1, -0.05) is 0 Å². The Morgan fingerprint density at radius 1 is 1.30 bits per heavy atom. The zero-order valence-corrected chi connectivity index (χ0v) is 10.7. The van der Waals surface area contributed by atoms with Gasteiger partial charge in [-0.3, -0.25) is 4.79 Å². The van der Waals surface area contributed by atoms with Gasteiger partial charge >= 0.3 is 0 Å². The van der Waals surface area contributed by atoms with Crippen LogP contribution < -0.4 is 10.6 Å². The van der Waals surface area contributed by atoms with E-state index in [9.17, 15) is 18.0 Å². The smallest absolute Gasteiger partial charge is 0.250 e. The molecule has 0 aliphatic carbocycles.